The maximum absolute atomic E-state index is 11.3. The first-order chi connectivity index (χ1) is 8.38. The summed E-state index contributed by atoms with van der Waals surface area (Å²) in [6, 6.07) is 7.90. The molecule has 1 unspecified atom stereocenters. The molecular formula is C12H14AsNO2S2. The summed E-state index contributed by atoms with van der Waals surface area (Å²) in [6.07, 6.45) is 0. The molecule has 0 aliphatic rings. The number of fused-ring (bicyclic) bond motifs is 1. The second-order valence-electron chi connectivity index (χ2n) is 4.56. The van der Waals surface area contributed by atoms with Crippen LogP contribution in [0.25, 0.3) is 10.2 Å². The van der Waals surface area contributed by atoms with Gasteiger partial charge in [-0.15, -0.1) is 0 Å². The van der Waals surface area contributed by atoms with E-state index in [4.69, 9.17) is 0 Å². The molecule has 0 spiro atoms. The number of carboxylic acids is 1. The molecule has 0 saturated heterocycles. The number of hydrogen-bond acceptors (Lipinski definition) is 4. The number of carbonyl (C=O) groups is 1. The maximum atomic E-state index is 11.3. The van der Waals surface area contributed by atoms with Crippen molar-refractivity contribution in [3.8, 4) is 0 Å². The number of rotatable bonds is 4. The molecule has 0 aliphatic heterocycles. The van der Waals surface area contributed by atoms with Crippen LogP contribution in [0.1, 0.15) is 13.8 Å². The minimum absolute atomic E-state index is 0.415. The van der Waals surface area contributed by atoms with E-state index in [2.05, 4.69) is 17.6 Å². The molecule has 3 nitrogen and oxygen atoms in total. The Bertz CT molecular complexity index is 544. The Kier molecular flexibility index (Phi) is 4.05. The molecule has 0 aliphatic carbocycles. The van der Waals surface area contributed by atoms with Gasteiger partial charge >= 0.3 is 122 Å². The molecule has 1 heterocycles. The van der Waals surface area contributed by atoms with E-state index < -0.39 is 31.2 Å². The zero-order valence-electron chi connectivity index (χ0n) is 10.0. The van der Waals surface area contributed by atoms with Crippen LogP contribution in [0.3, 0.4) is 0 Å². The third-order valence-electron chi connectivity index (χ3n) is 2.52. The molecule has 1 aromatic carbocycles. The zero-order valence-corrected chi connectivity index (χ0v) is 13.9. The van der Waals surface area contributed by atoms with Crippen LogP contribution in [0, 0.1) is 0 Å². The average molecular weight is 343 g/mol. The molecule has 96 valence electrons. The van der Waals surface area contributed by atoms with Crippen molar-refractivity contribution in [3.05, 3.63) is 24.3 Å². The number of thiazole rings is 1. The fraction of sp³-hybridized carbons (Fsp3) is 0.333. The fourth-order valence-electron chi connectivity index (χ4n) is 1.60. The van der Waals surface area contributed by atoms with Crippen LogP contribution >= 0.6 is 24.0 Å². The Morgan fingerprint density at radius 3 is 2.72 bits per heavy atom. The van der Waals surface area contributed by atoms with Gasteiger partial charge in [0.2, 0.25) is 0 Å². The number of benzene rings is 1. The summed E-state index contributed by atoms with van der Waals surface area (Å²) in [5.41, 5.74) is 0.961. The van der Waals surface area contributed by atoms with Crippen LogP contribution in [-0.4, -0.2) is 36.6 Å². The second kappa shape index (κ2) is 5.23. The van der Waals surface area contributed by atoms with Gasteiger partial charge in [-0.25, -0.2) is 0 Å². The van der Waals surface area contributed by atoms with E-state index in [-0.39, 0.29) is 0 Å². The third kappa shape index (κ3) is 3.08. The zero-order chi connectivity index (χ0) is 13.3. The molecule has 1 N–H and O–H groups in total. The number of nitrogens with zero attached hydrogens (tertiary/aromatic N) is 1. The molecule has 18 heavy (non-hydrogen) atoms. The van der Waals surface area contributed by atoms with Crippen LogP contribution in [0.15, 0.2) is 24.3 Å². The van der Waals surface area contributed by atoms with Crippen molar-refractivity contribution in [3.63, 3.8) is 0 Å². The Balaban J connectivity index is 2.29. The van der Waals surface area contributed by atoms with Gasteiger partial charge in [-0.05, 0) is 0 Å². The van der Waals surface area contributed by atoms with Crippen molar-refractivity contribution >= 4 is 59.7 Å². The first-order valence-corrected chi connectivity index (χ1v) is 8.97. The number of para-hydroxylation sites is 1. The predicted molar refractivity (Wildman–Crippen MR) is 80.9 cm³/mol. The summed E-state index contributed by atoms with van der Waals surface area (Å²) in [7, 11) is 0. The summed E-state index contributed by atoms with van der Waals surface area (Å²) in [4.78, 5) is 15.9. The van der Waals surface area contributed by atoms with Crippen molar-refractivity contribution in [2.45, 2.75) is 23.3 Å². The molecule has 0 saturated carbocycles. The van der Waals surface area contributed by atoms with Gasteiger partial charge in [0.25, 0.3) is 0 Å². The molecule has 0 fully saturated rings. The Hall–Kier alpha value is -0.512. The van der Waals surface area contributed by atoms with Crippen molar-refractivity contribution in [1.29, 1.82) is 0 Å². The van der Waals surface area contributed by atoms with Gasteiger partial charge in [-0.3, -0.25) is 0 Å². The Morgan fingerprint density at radius 1 is 1.50 bits per heavy atom. The SMILES string of the molecule is CC(C)(S)[C@@H]([AsH]c1nc2ccccc2s1)C(=O)O. The monoisotopic (exact) mass is 343 g/mol. The first kappa shape index (κ1) is 13.9. The average Bonchev–Trinajstić information content (AvgIpc) is 2.66. The van der Waals surface area contributed by atoms with E-state index in [0.717, 1.165) is 14.0 Å². The molecule has 2 rings (SSSR count). The Labute approximate surface area is 122 Å². The van der Waals surface area contributed by atoms with Crippen molar-refractivity contribution in [1.82, 2.24) is 4.98 Å². The standard InChI is InChI=1S/C12H14AsNO2S2/c1-12(2,17)9(10(15)16)13-11-14-7-5-3-4-6-8(7)18-11/h3-6,9,13,17H,1-2H3,(H,15,16)/t9-/m0/s1. The molecule has 0 bridgehead atoms. The van der Waals surface area contributed by atoms with E-state index in [1.54, 1.807) is 11.3 Å². The Morgan fingerprint density at radius 2 is 2.17 bits per heavy atom. The molecular weight excluding hydrogens is 329 g/mol. The van der Waals surface area contributed by atoms with Gasteiger partial charge in [-0.1, -0.05) is 0 Å². The summed E-state index contributed by atoms with van der Waals surface area (Å²) in [5.74, 6) is -0.769. The van der Waals surface area contributed by atoms with Gasteiger partial charge < -0.3 is 0 Å². The van der Waals surface area contributed by atoms with Gasteiger partial charge in [0.05, 0.1) is 0 Å². The summed E-state index contributed by atoms with van der Waals surface area (Å²) in [6.45, 7) is 3.71. The second-order valence-corrected chi connectivity index (χ2v) is 10.3. The van der Waals surface area contributed by atoms with Crippen molar-refractivity contribution in [2.75, 3.05) is 0 Å². The summed E-state index contributed by atoms with van der Waals surface area (Å²) < 4.78 is 1.17. The van der Waals surface area contributed by atoms with Crippen LogP contribution in [0.5, 0.6) is 0 Å². The fourth-order valence-corrected chi connectivity index (χ4v) is 6.40. The molecule has 0 radical (unpaired) electrons. The molecule has 6 heteroatoms. The number of hydrogen-bond donors (Lipinski definition) is 2. The number of thiol groups is 1. The van der Waals surface area contributed by atoms with Crippen molar-refractivity contribution < 1.29 is 9.90 Å². The van der Waals surface area contributed by atoms with Crippen LogP contribution in [0.4, 0.5) is 0 Å². The van der Waals surface area contributed by atoms with E-state index in [9.17, 15) is 9.90 Å². The number of aliphatic carboxylic acids is 1. The van der Waals surface area contributed by atoms with E-state index >= 15 is 0 Å². The molecule has 0 amide bonds. The van der Waals surface area contributed by atoms with Gasteiger partial charge in [-0.2, -0.15) is 0 Å². The van der Waals surface area contributed by atoms with Gasteiger partial charge in [0.1, 0.15) is 0 Å². The molecule has 2 atom stereocenters. The normalized spacial score (nSPS) is 14.4. The van der Waals surface area contributed by atoms with E-state index in [1.165, 1.54) is 0 Å². The van der Waals surface area contributed by atoms with Crippen LogP contribution < -0.4 is 3.80 Å². The van der Waals surface area contributed by atoms with E-state index in [1.807, 2.05) is 38.1 Å². The first-order valence-electron chi connectivity index (χ1n) is 5.45. The topological polar surface area (TPSA) is 50.2 Å². The predicted octanol–water partition coefficient (Wildman–Crippen LogP) is 1.94. The van der Waals surface area contributed by atoms with Crippen LogP contribution in [-0.2, 0) is 4.79 Å². The van der Waals surface area contributed by atoms with Crippen LogP contribution in [0.2, 0.25) is 4.71 Å². The summed E-state index contributed by atoms with van der Waals surface area (Å²) in [5, 5.41) is 9.30. The quantitative estimate of drug-likeness (QED) is 0.659. The van der Waals surface area contributed by atoms with Crippen molar-refractivity contribution in [2.24, 2.45) is 0 Å². The number of carboxylic acid groups (broad SMARTS) is 1. The van der Waals surface area contributed by atoms with Gasteiger partial charge in [0, 0.05) is 0 Å². The van der Waals surface area contributed by atoms with E-state index in [0.29, 0.717) is 0 Å². The number of aromatic nitrogens is 1. The molecule has 1 aromatic heterocycles. The summed E-state index contributed by atoms with van der Waals surface area (Å²) >= 11 is 5.18. The van der Waals surface area contributed by atoms with Gasteiger partial charge in [0.15, 0.2) is 0 Å². The minimum atomic E-state index is -0.837. The third-order valence-corrected chi connectivity index (χ3v) is 8.78. The molecule has 2 aromatic rings.